The molecule has 0 saturated heterocycles. The Bertz CT molecular complexity index is 354. The van der Waals surface area contributed by atoms with Crippen LogP contribution < -0.4 is 15.2 Å². The highest BCUT2D eigenvalue weighted by atomic mass is 16.7. The molecule has 1 unspecified atom stereocenters. The highest BCUT2D eigenvalue weighted by Crippen LogP contribution is 2.33. The van der Waals surface area contributed by atoms with Gasteiger partial charge in [0.1, 0.15) is 0 Å². The van der Waals surface area contributed by atoms with Gasteiger partial charge in [-0.25, -0.2) is 0 Å². The fourth-order valence-electron chi connectivity index (χ4n) is 1.59. The summed E-state index contributed by atoms with van der Waals surface area (Å²) in [6.45, 7) is 3.65. The maximum atomic E-state index is 6.01. The van der Waals surface area contributed by atoms with Crippen LogP contribution in [-0.2, 0) is 4.74 Å². The van der Waals surface area contributed by atoms with Crippen LogP contribution in [0.5, 0.6) is 11.5 Å². The van der Waals surface area contributed by atoms with Gasteiger partial charge in [-0.15, -0.1) is 0 Å². The molecule has 1 atom stereocenters. The first-order chi connectivity index (χ1) is 7.81. The van der Waals surface area contributed by atoms with Gasteiger partial charge in [-0.1, -0.05) is 13.0 Å². The molecular weight excluding hydrogens is 206 g/mol. The third kappa shape index (κ3) is 2.46. The van der Waals surface area contributed by atoms with Crippen molar-refractivity contribution in [1.82, 2.24) is 0 Å². The van der Waals surface area contributed by atoms with E-state index in [1.165, 1.54) is 0 Å². The molecule has 16 heavy (non-hydrogen) atoms. The second-order valence-corrected chi connectivity index (χ2v) is 3.79. The van der Waals surface area contributed by atoms with E-state index in [-0.39, 0.29) is 6.04 Å². The Kier molecular flexibility index (Phi) is 3.64. The van der Waals surface area contributed by atoms with Crippen LogP contribution in [0.4, 0.5) is 0 Å². The number of ether oxygens (including phenoxy) is 3. The van der Waals surface area contributed by atoms with Gasteiger partial charge in [-0.05, 0) is 24.1 Å². The summed E-state index contributed by atoms with van der Waals surface area (Å²) >= 11 is 0. The summed E-state index contributed by atoms with van der Waals surface area (Å²) in [4.78, 5) is 0. The maximum Gasteiger partial charge on any atom is 0.231 e. The van der Waals surface area contributed by atoms with Gasteiger partial charge in [0.15, 0.2) is 11.5 Å². The van der Waals surface area contributed by atoms with E-state index in [0.717, 1.165) is 30.1 Å². The molecule has 0 amide bonds. The topological polar surface area (TPSA) is 53.7 Å². The van der Waals surface area contributed by atoms with Gasteiger partial charge in [0.05, 0.1) is 12.6 Å². The second kappa shape index (κ2) is 5.18. The van der Waals surface area contributed by atoms with E-state index in [2.05, 4.69) is 6.92 Å². The van der Waals surface area contributed by atoms with Crippen molar-refractivity contribution in [1.29, 1.82) is 0 Å². The van der Waals surface area contributed by atoms with Crippen LogP contribution in [0.1, 0.15) is 24.9 Å². The molecule has 2 rings (SSSR count). The number of hydrogen-bond acceptors (Lipinski definition) is 4. The molecule has 0 saturated carbocycles. The molecule has 4 heteroatoms. The Morgan fingerprint density at radius 3 is 3.00 bits per heavy atom. The van der Waals surface area contributed by atoms with E-state index >= 15 is 0 Å². The normalized spacial score (nSPS) is 15.1. The van der Waals surface area contributed by atoms with Crippen LogP contribution in [-0.4, -0.2) is 20.0 Å². The van der Waals surface area contributed by atoms with Crippen molar-refractivity contribution in [2.75, 3.05) is 20.0 Å². The van der Waals surface area contributed by atoms with E-state index in [9.17, 15) is 0 Å². The lowest BCUT2D eigenvalue weighted by molar-refractivity contribution is 0.121. The summed E-state index contributed by atoms with van der Waals surface area (Å²) < 4.78 is 16.0. The van der Waals surface area contributed by atoms with Gasteiger partial charge >= 0.3 is 0 Å². The van der Waals surface area contributed by atoms with E-state index in [0.29, 0.717) is 13.4 Å². The Balaban J connectivity index is 1.98. The Hall–Kier alpha value is -1.26. The van der Waals surface area contributed by atoms with Crippen molar-refractivity contribution >= 4 is 0 Å². The van der Waals surface area contributed by atoms with Crippen molar-refractivity contribution in [3.05, 3.63) is 23.8 Å². The highest BCUT2D eigenvalue weighted by molar-refractivity contribution is 5.45. The SMILES string of the molecule is CCCOCC(N)c1ccc2c(c1)OCO2. The summed E-state index contributed by atoms with van der Waals surface area (Å²) in [5.41, 5.74) is 7.02. The van der Waals surface area contributed by atoms with Crippen LogP contribution in [0.3, 0.4) is 0 Å². The Labute approximate surface area is 95.3 Å². The fraction of sp³-hybridized carbons (Fsp3) is 0.500. The first-order valence-corrected chi connectivity index (χ1v) is 5.54. The third-order valence-electron chi connectivity index (χ3n) is 2.47. The molecule has 0 spiro atoms. The van der Waals surface area contributed by atoms with Crippen molar-refractivity contribution in [2.45, 2.75) is 19.4 Å². The number of rotatable bonds is 5. The molecule has 1 aliphatic rings. The minimum Gasteiger partial charge on any atom is -0.454 e. The van der Waals surface area contributed by atoms with Crippen molar-refractivity contribution in [3.63, 3.8) is 0 Å². The van der Waals surface area contributed by atoms with Crippen LogP contribution >= 0.6 is 0 Å². The van der Waals surface area contributed by atoms with Gasteiger partial charge in [-0.2, -0.15) is 0 Å². The second-order valence-electron chi connectivity index (χ2n) is 3.79. The number of hydrogen-bond donors (Lipinski definition) is 1. The van der Waals surface area contributed by atoms with Gasteiger partial charge in [0.2, 0.25) is 6.79 Å². The van der Waals surface area contributed by atoms with E-state index in [1.54, 1.807) is 0 Å². The first-order valence-electron chi connectivity index (χ1n) is 5.54. The molecule has 0 fully saturated rings. The molecule has 88 valence electrons. The lowest BCUT2D eigenvalue weighted by Crippen LogP contribution is -2.17. The monoisotopic (exact) mass is 223 g/mol. The average Bonchev–Trinajstić information content (AvgIpc) is 2.76. The predicted octanol–water partition coefficient (Wildman–Crippen LogP) is 1.84. The quantitative estimate of drug-likeness (QED) is 0.774. The molecule has 1 aliphatic heterocycles. The molecule has 4 nitrogen and oxygen atoms in total. The number of benzene rings is 1. The van der Waals surface area contributed by atoms with Crippen LogP contribution in [0.25, 0.3) is 0 Å². The standard InChI is InChI=1S/C12H17NO3/c1-2-5-14-7-10(13)9-3-4-11-12(6-9)16-8-15-11/h3-4,6,10H,2,5,7-8,13H2,1H3. The van der Waals surface area contributed by atoms with Gasteiger partial charge in [0, 0.05) is 6.61 Å². The fourth-order valence-corrected chi connectivity index (χ4v) is 1.59. The van der Waals surface area contributed by atoms with Gasteiger partial charge in [-0.3, -0.25) is 0 Å². The predicted molar refractivity (Wildman–Crippen MR) is 60.6 cm³/mol. The summed E-state index contributed by atoms with van der Waals surface area (Å²) in [6, 6.07) is 5.65. The summed E-state index contributed by atoms with van der Waals surface area (Å²) in [7, 11) is 0. The molecule has 1 aromatic carbocycles. The van der Waals surface area contributed by atoms with Crippen molar-refractivity contribution < 1.29 is 14.2 Å². The molecule has 0 radical (unpaired) electrons. The molecule has 1 heterocycles. The van der Waals surface area contributed by atoms with E-state index < -0.39 is 0 Å². The Morgan fingerprint density at radius 1 is 1.38 bits per heavy atom. The van der Waals surface area contributed by atoms with Crippen LogP contribution in [0.2, 0.25) is 0 Å². The molecular formula is C12H17NO3. The van der Waals surface area contributed by atoms with Gasteiger partial charge in [0.25, 0.3) is 0 Å². The zero-order valence-corrected chi connectivity index (χ0v) is 9.44. The first kappa shape index (κ1) is 11.2. The molecule has 2 N–H and O–H groups in total. The third-order valence-corrected chi connectivity index (χ3v) is 2.47. The van der Waals surface area contributed by atoms with Crippen LogP contribution in [0.15, 0.2) is 18.2 Å². The summed E-state index contributed by atoms with van der Waals surface area (Å²) in [5.74, 6) is 1.55. The number of nitrogens with two attached hydrogens (primary N) is 1. The maximum absolute atomic E-state index is 6.01. The lowest BCUT2D eigenvalue weighted by atomic mass is 10.1. The Morgan fingerprint density at radius 2 is 2.19 bits per heavy atom. The summed E-state index contributed by atoms with van der Waals surface area (Å²) in [6.07, 6.45) is 1.01. The highest BCUT2D eigenvalue weighted by Gasteiger charge is 2.15. The lowest BCUT2D eigenvalue weighted by Gasteiger charge is -2.12. The van der Waals surface area contributed by atoms with Crippen LogP contribution in [0, 0.1) is 0 Å². The largest absolute Gasteiger partial charge is 0.454 e. The van der Waals surface area contributed by atoms with Crippen molar-refractivity contribution in [3.8, 4) is 11.5 Å². The van der Waals surface area contributed by atoms with E-state index in [4.69, 9.17) is 19.9 Å². The average molecular weight is 223 g/mol. The molecule has 0 aliphatic carbocycles. The van der Waals surface area contributed by atoms with Gasteiger partial charge < -0.3 is 19.9 Å². The zero-order valence-electron chi connectivity index (χ0n) is 9.44. The smallest absolute Gasteiger partial charge is 0.231 e. The molecule has 1 aromatic rings. The minimum absolute atomic E-state index is 0.110. The molecule has 0 bridgehead atoms. The van der Waals surface area contributed by atoms with Crippen molar-refractivity contribution in [2.24, 2.45) is 5.73 Å². The zero-order chi connectivity index (χ0) is 11.4. The minimum atomic E-state index is -0.110. The molecule has 0 aromatic heterocycles. The summed E-state index contributed by atoms with van der Waals surface area (Å²) in [5, 5.41) is 0. The number of fused-ring (bicyclic) bond motifs is 1. The van der Waals surface area contributed by atoms with E-state index in [1.807, 2.05) is 18.2 Å².